The summed E-state index contributed by atoms with van der Waals surface area (Å²) in [5, 5.41) is 16.5. The molecule has 0 saturated carbocycles. The van der Waals surface area contributed by atoms with E-state index in [0.717, 1.165) is 18.7 Å². The zero-order valence-electron chi connectivity index (χ0n) is 17.7. The smallest absolute Gasteiger partial charge is 0.320 e. The summed E-state index contributed by atoms with van der Waals surface area (Å²) in [6, 6.07) is -0.488. The number of ether oxygens (including phenoxy) is 1. The molecule has 0 aliphatic carbocycles. The van der Waals surface area contributed by atoms with Crippen molar-refractivity contribution in [3.05, 3.63) is 11.9 Å². The number of nitrogens with zero attached hydrogens (tertiary/aromatic N) is 3. The molecule has 1 saturated heterocycles. The number of nitrogens with one attached hydrogen (secondary N) is 1. The number of unbranched alkanes of at least 4 members (excludes halogenated alkanes) is 9. The van der Waals surface area contributed by atoms with E-state index in [1.165, 1.54) is 57.8 Å². The van der Waals surface area contributed by atoms with E-state index in [2.05, 4.69) is 17.5 Å². The zero-order chi connectivity index (χ0) is 20.2. The molecule has 0 radical (unpaired) electrons. The second-order valence-electron chi connectivity index (χ2n) is 8.05. The van der Waals surface area contributed by atoms with Gasteiger partial charge in [0.1, 0.15) is 26.2 Å². The molecule has 7 heteroatoms. The maximum Gasteiger partial charge on any atom is 0.320 e. The van der Waals surface area contributed by atoms with E-state index in [9.17, 15) is 4.79 Å². The van der Waals surface area contributed by atoms with Gasteiger partial charge in [-0.2, -0.15) is 0 Å². The van der Waals surface area contributed by atoms with Crippen LogP contribution in [0.25, 0.3) is 0 Å². The maximum atomic E-state index is 11.0. The molecule has 1 aliphatic rings. The third kappa shape index (κ3) is 8.27. The van der Waals surface area contributed by atoms with Crippen molar-refractivity contribution in [1.29, 1.82) is 0 Å². The van der Waals surface area contributed by atoms with E-state index in [4.69, 9.17) is 9.84 Å². The second-order valence-corrected chi connectivity index (χ2v) is 8.05. The van der Waals surface area contributed by atoms with Crippen molar-refractivity contribution in [1.82, 2.24) is 15.2 Å². The van der Waals surface area contributed by atoms with Crippen molar-refractivity contribution in [3.63, 3.8) is 0 Å². The predicted molar refractivity (Wildman–Crippen MR) is 108 cm³/mol. The first-order valence-electron chi connectivity index (χ1n) is 11.1. The van der Waals surface area contributed by atoms with E-state index in [1.807, 2.05) is 22.6 Å². The van der Waals surface area contributed by atoms with Gasteiger partial charge in [0.05, 0.1) is 11.3 Å². The molecule has 2 N–H and O–H groups in total. The zero-order valence-corrected chi connectivity index (χ0v) is 17.7. The minimum atomic E-state index is -0.805. The van der Waals surface area contributed by atoms with Gasteiger partial charge in [0.15, 0.2) is 11.9 Å². The van der Waals surface area contributed by atoms with Crippen LogP contribution in [-0.4, -0.2) is 39.7 Å². The Labute approximate surface area is 169 Å². The van der Waals surface area contributed by atoms with E-state index in [0.29, 0.717) is 19.6 Å². The van der Waals surface area contributed by atoms with Gasteiger partial charge in [-0.1, -0.05) is 58.3 Å². The monoisotopic (exact) mass is 395 g/mol. The summed E-state index contributed by atoms with van der Waals surface area (Å²) in [7, 11) is 1.93. The van der Waals surface area contributed by atoms with Crippen molar-refractivity contribution in [3.8, 4) is 0 Å². The molecule has 2 heterocycles. The van der Waals surface area contributed by atoms with Gasteiger partial charge in [-0.3, -0.25) is 4.79 Å². The number of hydrogen-bond acceptors (Lipinski definition) is 4. The van der Waals surface area contributed by atoms with E-state index in [1.54, 1.807) is 0 Å². The Bertz CT molecular complexity index is 576. The summed E-state index contributed by atoms with van der Waals surface area (Å²) < 4.78 is 9.72. The molecule has 1 fully saturated rings. The average Bonchev–Trinajstić information content (AvgIpc) is 3.28. The van der Waals surface area contributed by atoms with Gasteiger partial charge in [-0.25, -0.2) is 0 Å². The second kappa shape index (κ2) is 12.9. The third-order valence-electron chi connectivity index (χ3n) is 5.56. The predicted octanol–water partition coefficient (Wildman–Crippen LogP) is 2.96. The lowest BCUT2D eigenvalue weighted by molar-refractivity contribution is -0.755. The van der Waals surface area contributed by atoms with Crippen LogP contribution >= 0.6 is 0 Å². The van der Waals surface area contributed by atoms with Crippen LogP contribution in [0.5, 0.6) is 0 Å². The highest BCUT2D eigenvalue weighted by Crippen LogP contribution is 2.13. The Balaban J connectivity index is 1.55. The normalized spacial score (nSPS) is 19.4. The SMILES string of the molecule is CCCCCCCCCCCC[n+]1cc(CO[C@H]2CN[C@H](C(=O)O)C2)n(C)n1. The van der Waals surface area contributed by atoms with Crippen molar-refractivity contribution < 1.29 is 19.3 Å². The van der Waals surface area contributed by atoms with Crippen LogP contribution in [0.4, 0.5) is 0 Å². The molecule has 160 valence electrons. The molecule has 1 aromatic rings. The molecular weight excluding hydrogens is 356 g/mol. The van der Waals surface area contributed by atoms with Gasteiger partial charge in [0, 0.05) is 13.0 Å². The molecule has 0 amide bonds. The lowest BCUT2D eigenvalue weighted by atomic mass is 10.1. The number of carboxylic acid groups (broad SMARTS) is 1. The van der Waals surface area contributed by atoms with Crippen molar-refractivity contribution in [2.45, 2.75) is 103 Å². The average molecular weight is 396 g/mol. The topological polar surface area (TPSA) is 80.3 Å². The Kier molecular flexibility index (Phi) is 10.5. The van der Waals surface area contributed by atoms with E-state index >= 15 is 0 Å². The summed E-state index contributed by atoms with van der Waals surface area (Å²) in [6.45, 7) is 4.26. The number of rotatable bonds is 15. The summed E-state index contributed by atoms with van der Waals surface area (Å²) in [5.74, 6) is -0.805. The lowest BCUT2D eigenvalue weighted by Gasteiger charge is -2.08. The molecule has 0 spiro atoms. The first-order chi connectivity index (χ1) is 13.6. The third-order valence-corrected chi connectivity index (χ3v) is 5.56. The largest absolute Gasteiger partial charge is 0.480 e. The van der Waals surface area contributed by atoms with Gasteiger partial charge in [0.25, 0.3) is 0 Å². The van der Waals surface area contributed by atoms with Crippen LogP contribution in [0.3, 0.4) is 0 Å². The first kappa shape index (κ1) is 22.8. The minimum Gasteiger partial charge on any atom is -0.480 e. The Morgan fingerprint density at radius 1 is 1.21 bits per heavy atom. The van der Waals surface area contributed by atoms with Gasteiger partial charge in [-0.15, -0.1) is 9.36 Å². The van der Waals surface area contributed by atoms with Crippen LogP contribution in [0.2, 0.25) is 0 Å². The lowest BCUT2D eigenvalue weighted by Crippen LogP contribution is -2.35. The van der Waals surface area contributed by atoms with Gasteiger partial charge < -0.3 is 15.2 Å². The highest BCUT2D eigenvalue weighted by atomic mass is 16.5. The molecule has 1 aromatic heterocycles. The molecule has 28 heavy (non-hydrogen) atoms. The van der Waals surface area contributed by atoms with Crippen molar-refractivity contribution >= 4 is 5.97 Å². The summed E-state index contributed by atoms with van der Waals surface area (Å²) in [4.78, 5) is 11.0. The summed E-state index contributed by atoms with van der Waals surface area (Å²) >= 11 is 0. The Morgan fingerprint density at radius 3 is 2.46 bits per heavy atom. The molecule has 0 unspecified atom stereocenters. The van der Waals surface area contributed by atoms with Crippen LogP contribution in [0.1, 0.15) is 83.2 Å². The molecule has 2 atom stereocenters. The number of carboxylic acids is 1. The minimum absolute atomic E-state index is 0.0496. The number of aliphatic carboxylic acids is 1. The summed E-state index contributed by atoms with van der Waals surface area (Å²) in [5.41, 5.74) is 1.02. The van der Waals surface area contributed by atoms with Crippen LogP contribution in [-0.2, 0) is 29.7 Å². The maximum absolute atomic E-state index is 11.0. The fraction of sp³-hybridized carbons (Fsp3) is 0.857. The molecule has 2 rings (SSSR count). The van der Waals surface area contributed by atoms with E-state index < -0.39 is 12.0 Å². The Morgan fingerprint density at radius 2 is 1.86 bits per heavy atom. The van der Waals surface area contributed by atoms with Crippen LogP contribution < -0.4 is 10.00 Å². The fourth-order valence-corrected chi connectivity index (χ4v) is 3.73. The van der Waals surface area contributed by atoms with Gasteiger partial charge >= 0.3 is 5.97 Å². The van der Waals surface area contributed by atoms with Crippen molar-refractivity contribution in [2.75, 3.05) is 6.54 Å². The van der Waals surface area contributed by atoms with Gasteiger partial charge in [0.2, 0.25) is 0 Å². The fourth-order valence-electron chi connectivity index (χ4n) is 3.73. The van der Waals surface area contributed by atoms with Crippen LogP contribution in [0, 0.1) is 0 Å². The molecule has 1 aliphatic heterocycles. The highest BCUT2D eigenvalue weighted by molar-refractivity contribution is 5.73. The highest BCUT2D eigenvalue weighted by Gasteiger charge is 2.30. The summed E-state index contributed by atoms with van der Waals surface area (Å²) in [6.07, 6.45) is 15.9. The number of hydrogen-bond donors (Lipinski definition) is 2. The van der Waals surface area contributed by atoms with E-state index in [-0.39, 0.29) is 6.10 Å². The molecule has 7 nitrogen and oxygen atoms in total. The number of carbonyl (C=O) groups is 1. The number of aromatic nitrogens is 3. The van der Waals surface area contributed by atoms with Crippen LogP contribution in [0.15, 0.2) is 6.20 Å². The number of aryl methyl sites for hydroxylation is 2. The quantitative estimate of drug-likeness (QED) is 0.352. The molecule has 0 aromatic carbocycles. The molecular formula is C21H39N4O3+. The standard InChI is InChI=1S/C21H38N4O3/c1-3-4-5-6-7-8-9-10-11-12-13-25-16-18(24(2)23-25)17-28-19-14-20(21(26)27)22-15-19/h16,19-20,22H,3-15,17H2,1-2H3/p+1/t19-,20+/m1/s1. The first-order valence-corrected chi connectivity index (χ1v) is 11.1. The molecule has 0 bridgehead atoms. The Hall–Kier alpha value is -1.47. The van der Waals surface area contributed by atoms with Crippen molar-refractivity contribution in [2.24, 2.45) is 7.05 Å². The van der Waals surface area contributed by atoms with Gasteiger partial charge in [-0.05, 0) is 12.8 Å².